The molecule has 2 amide bonds. The SMILES string of the molecule is NCCNC(=O)CCSCC(=O)Nc1ccccc1. The van der Waals surface area contributed by atoms with Crippen molar-refractivity contribution < 1.29 is 9.59 Å². The van der Waals surface area contributed by atoms with Crippen molar-refractivity contribution >= 4 is 29.3 Å². The van der Waals surface area contributed by atoms with E-state index >= 15 is 0 Å². The molecule has 4 N–H and O–H groups in total. The zero-order valence-electron chi connectivity index (χ0n) is 10.7. The number of carbonyl (C=O) groups excluding carboxylic acids is 2. The Hall–Kier alpha value is -1.53. The summed E-state index contributed by atoms with van der Waals surface area (Å²) < 4.78 is 0. The summed E-state index contributed by atoms with van der Waals surface area (Å²) >= 11 is 1.44. The highest BCUT2D eigenvalue weighted by atomic mass is 32.2. The Labute approximate surface area is 117 Å². The number of para-hydroxylation sites is 1. The second-order valence-electron chi connectivity index (χ2n) is 3.86. The van der Waals surface area contributed by atoms with Crippen molar-refractivity contribution in [1.82, 2.24) is 5.32 Å². The van der Waals surface area contributed by atoms with Gasteiger partial charge in [-0.05, 0) is 12.1 Å². The average Bonchev–Trinajstić information content (AvgIpc) is 2.42. The maximum Gasteiger partial charge on any atom is 0.234 e. The van der Waals surface area contributed by atoms with Crippen LogP contribution < -0.4 is 16.4 Å². The molecule has 0 bridgehead atoms. The molecule has 0 aliphatic rings. The summed E-state index contributed by atoms with van der Waals surface area (Å²) in [6.07, 6.45) is 0.406. The van der Waals surface area contributed by atoms with Crippen LogP contribution in [0.1, 0.15) is 6.42 Å². The third kappa shape index (κ3) is 7.48. The van der Waals surface area contributed by atoms with Gasteiger partial charge in [0.05, 0.1) is 5.75 Å². The van der Waals surface area contributed by atoms with Gasteiger partial charge in [-0.15, -0.1) is 0 Å². The molecule has 0 fully saturated rings. The summed E-state index contributed by atoms with van der Waals surface area (Å²) in [5, 5.41) is 5.47. The highest BCUT2D eigenvalue weighted by Gasteiger charge is 2.04. The van der Waals surface area contributed by atoms with E-state index in [9.17, 15) is 9.59 Å². The van der Waals surface area contributed by atoms with Crippen molar-refractivity contribution in [2.75, 3.05) is 29.9 Å². The first-order chi connectivity index (χ1) is 9.22. The van der Waals surface area contributed by atoms with Gasteiger partial charge in [-0.1, -0.05) is 18.2 Å². The number of rotatable bonds is 8. The van der Waals surface area contributed by atoms with Gasteiger partial charge < -0.3 is 16.4 Å². The lowest BCUT2D eigenvalue weighted by molar-refractivity contribution is -0.120. The molecule has 0 aliphatic heterocycles. The van der Waals surface area contributed by atoms with Gasteiger partial charge in [0.2, 0.25) is 11.8 Å². The maximum absolute atomic E-state index is 11.6. The summed E-state index contributed by atoms with van der Waals surface area (Å²) in [6, 6.07) is 9.30. The number of amides is 2. The van der Waals surface area contributed by atoms with Gasteiger partial charge in [-0.2, -0.15) is 11.8 Å². The largest absolute Gasteiger partial charge is 0.355 e. The summed E-state index contributed by atoms with van der Waals surface area (Å²) in [6.45, 7) is 0.941. The molecule has 0 heterocycles. The highest BCUT2D eigenvalue weighted by molar-refractivity contribution is 7.99. The van der Waals surface area contributed by atoms with Gasteiger partial charge in [0.1, 0.15) is 0 Å². The zero-order valence-corrected chi connectivity index (χ0v) is 11.5. The molecular formula is C13H19N3O2S. The van der Waals surface area contributed by atoms with E-state index in [-0.39, 0.29) is 11.8 Å². The summed E-state index contributed by atoms with van der Waals surface area (Å²) in [4.78, 5) is 22.8. The average molecular weight is 281 g/mol. The van der Waals surface area contributed by atoms with Crippen LogP contribution in [0.5, 0.6) is 0 Å². The van der Waals surface area contributed by atoms with Crippen LogP contribution in [-0.2, 0) is 9.59 Å². The van der Waals surface area contributed by atoms with Crippen molar-refractivity contribution in [2.24, 2.45) is 5.73 Å². The Bertz CT molecular complexity index is 398. The van der Waals surface area contributed by atoms with Crippen molar-refractivity contribution in [3.05, 3.63) is 30.3 Å². The molecule has 0 spiro atoms. The predicted octanol–water partition coefficient (Wildman–Crippen LogP) is 0.823. The molecule has 0 unspecified atom stereocenters. The van der Waals surface area contributed by atoms with E-state index in [4.69, 9.17) is 5.73 Å². The summed E-state index contributed by atoms with van der Waals surface area (Å²) in [5.41, 5.74) is 6.06. The minimum atomic E-state index is -0.0569. The molecule has 6 heteroatoms. The van der Waals surface area contributed by atoms with Crippen LogP contribution in [0.2, 0.25) is 0 Å². The van der Waals surface area contributed by atoms with E-state index in [1.165, 1.54) is 11.8 Å². The van der Waals surface area contributed by atoms with E-state index < -0.39 is 0 Å². The number of benzene rings is 1. The first-order valence-corrected chi connectivity index (χ1v) is 7.27. The fourth-order valence-corrected chi connectivity index (χ4v) is 2.08. The van der Waals surface area contributed by atoms with Crippen molar-refractivity contribution in [1.29, 1.82) is 0 Å². The highest BCUT2D eigenvalue weighted by Crippen LogP contribution is 2.07. The summed E-state index contributed by atoms with van der Waals surface area (Å²) in [7, 11) is 0. The number of hydrogen-bond donors (Lipinski definition) is 3. The van der Waals surface area contributed by atoms with Crippen LogP contribution in [0.15, 0.2) is 30.3 Å². The Kier molecular flexibility index (Phi) is 7.69. The molecule has 0 saturated heterocycles. The fourth-order valence-electron chi connectivity index (χ4n) is 1.35. The smallest absolute Gasteiger partial charge is 0.234 e. The van der Waals surface area contributed by atoms with Gasteiger partial charge in [0, 0.05) is 31.0 Å². The molecule has 1 aromatic rings. The van der Waals surface area contributed by atoms with E-state index in [1.807, 2.05) is 30.3 Å². The Morgan fingerprint density at radius 1 is 1.16 bits per heavy atom. The molecule has 5 nitrogen and oxygen atoms in total. The molecule has 104 valence electrons. The first-order valence-electron chi connectivity index (χ1n) is 6.12. The third-order valence-electron chi connectivity index (χ3n) is 2.23. The second kappa shape index (κ2) is 9.41. The lowest BCUT2D eigenvalue weighted by atomic mass is 10.3. The zero-order chi connectivity index (χ0) is 13.9. The topological polar surface area (TPSA) is 84.2 Å². The third-order valence-corrected chi connectivity index (χ3v) is 3.19. The normalized spacial score (nSPS) is 9.95. The van der Waals surface area contributed by atoms with Gasteiger partial charge >= 0.3 is 0 Å². The molecule has 0 saturated carbocycles. The van der Waals surface area contributed by atoms with Crippen LogP contribution in [-0.4, -0.2) is 36.4 Å². The summed E-state index contributed by atoms with van der Waals surface area (Å²) in [5.74, 6) is 0.887. The number of hydrogen-bond acceptors (Lipinski definition) is 4. The van der Waals surface area contributed by atoms with E-state index in [0.717, 1.165) is 5.69 Å². The van der Waals surface area contributed by atoms with Crippen molar-refractivity contribution in [2.45, 2.75) is 6.42 Å². The van der Waals surface area contributed by atoms with Gasteiger partial charge in [0.25, 0.3) is 0 Å². The van der Waals surface area contributed by atoms with Crippen LogP contribution >= 0.6 is 11.8 Å². The first kappa shape index (κ1) is 15.5. The van der Waals surface area contributed by atoms with Crippen LogP contribution in [0.4, 0.5) is 5.69 Å². The molecule has 0 atom stereocenters. The van der Waals surface area contributed by atoms with Crippen molar-refractivity contribution in [3.8, 4) is 0 Å². The van der Waals surface area contributed by atoms with Crippen molar-refractivity contribution in [3.63, 3.8) is 0 Å². The van der Waals surface area contributed by atoms with E-state index in [2.05, 4.69) is 10.6 Å². The molecule has 1 aromatic carbocycles. The van der Waals surface area contributed by atoms with Gasteiger partial charge in [-0.3, -0.25) is 9.59 Å². The quantitative estimate of drug-likeness (QED) is 0.616. The van der Waals surface area contributed by atoms with Gasteiger partial charge in [-0.25, -0.2) is 0 Å². The molecular weight excluding hydrogens is 262 g/mol. The van der Waals surface area contributed by atoms with E-state index in [0.29, 0.717) is 31.0 Å². The fraction of sp³-hybridized carbons (Fsp3) is 0.385. The van der Waals surface area contributed by atoms with Crippen LogP contribution in [0, 0.1) is 0 Å². The molecule has 0 aliphatic carbocycles. The number of carbonyl (C=O) groups is 2. The molecule has 19 heavy (non-hydrogen) atoms. The monoisotopic (exact) mass is 281 g/mol. The van der Waals surface area contributed by atoms with Gasteiger partial charge in [0.15, 0.2) is 0 Å². The number of nitrogens with one attached hydrogen (secondary N) is 2. The van der Waals surface area contributed by atoms with E-state index in [1.54, 1.807) is 0 Å². The number of anilines is 1. The molecule has 0 aromatic heterocycles. The minimum absolute atomic E-state index is 0.0265. The Morgan fingerprint density at radius 3 is 2.58 bits per heavy atom. The molecule has 1 rings (SSSR count). The Morgan fingerprint density at radius 2 is 1.89 bits per heavy atom. The predicted molar refractivity (Wildman–Crippen MR) is 79.1 cm³/mol. The number of thioether (sulfide) groups is 1. The molecule has 0 radical (unpaired) electrons. The standard InChI is InChI=1S/C13H19N3O2S/c14-7-8-15-12(17)6-9-19-10-13(18)16-11-4-2-1-3-5-11/h1-5H,6-10,14H2,(H,15,17)(H,16,18). The maximum atomic E-state index is 11.6. The lowest BCUT2D eigenvalue weighted by Crippen LogP contribution is -2.29. The van der Waals surface area contributed by atoms with Crippen LogP contribution in [0.3, 0.4) is 0 Å². The minimum Gasteiger partial charge on any atom is -0.355 e. The van der Waals surface area contributed by atoms with Crippen LogP contribution in [0.25, 0.3) is 0 Å². The Balaban J connectivity index is 2.09. The second-order valence-corrected chi connectivity index (χ2v) is 4.96. The number of nitrogens with two attached hydrogens (primary N) is 1. The lowest BCUT2D eigenvalue weighted by Gasteiger charge is -2.05.